The van der Waals surface area contributed by atoms with Gasteiger partial charge in [-0.15, -0.1) is 22.7 Å². The number of nitro groups is 1. The molecule has 7 heteroatoms. The Morgan fingerprint density at radius 3 is 2.12 bits per heavy atom. The Kier molecular flexibility index (Phi) is 4.78. The molecular weight excluding hydrogens is 354 g/mol. The summed E-state index contributed by atoms with van der Waals surface area (Å²) >= 11 is 3.23. The highest BCUT2D eigenvalue weighted by atomic mass is 32.1. The summed E-state index contributed by atoms with van der Waals surface area (Å²) in [5.41, 5.74) is 4.08. The number of aryl methyl sites for hydroxylation is 4. The smallest absolute Gasteiger partial charge is 0.258 e. The Morgan fingerprint density at radius 1 is 0.880 bits per heavy atom. The van der Waals surface area contributed by atoms with Crippen molar-refractivity contribution in [2.45, 2.75) is 27.7 Å². The summed E-state index contributed by atoms with van der Waals surface area (Å²) in [6.07, 6.45) is 0. The molecule has 0 bridgehead atoms. The minimum absolute atomic E-state index is 0.168. The summed E-state index contributed by atoms with van der Waals surface area (Å²) in [6, 6.07) is 9.74. The van der Waals surface area contributed by atoms with Crippen molar-refractivity contribution < 1.29 is 4.92 Å². The summed E-state index contributed by atoms with van der Waals surface area (Å²) in [5.74, 6) is 0. The number of nitro benzene ring substituents is 1. The molecule has 0 aliphatic rings. The van der Waals surface area contributed by atoms with Gasteiger partial charge in [0.15, 0.2) is 0 Å². The lowest BCUT2D eigenvalue weighted by Gasteiger charge is -1.95. The van der Waals surface area contributed by atoms with Crippen molar-refractivity contribution in [3.05, 3.63) is 61.6 Å². The van der Waals surface area contributed by atoms with E-state index in [4.69, 9.17) is 0 Å². The van der Waals surface area contributed by atoms with Crippen molar-refractivity contribution in [2.24, 2.45) is 0 Å². The first-order chi connectivity index (χ1) is 11.8. The van der Waals surface area contributed by atoms with Gasteiger partial charge in [-0.3, -0.25) is 10.1 Å². The molecule has 0 aliphatic heterocycles. The van der Waals surface area contributed by atoms with Gasteiger partial charge in [0.05, 0.1) is 35.4 Å². The lowest BCUT2D eigenvalue weighted by atomic mass is 10.2. The van der Waals surface area contributed by atoms with Gasteiger partial charge in [-0.25, -0.2) is 9.97 Å². The number of fused-ring (bicyclic) bond motifs is 2. The topological polar surface area (TPSA) is 68.9 Å². The first kappa shape index (κ1) is 17.4. The summed E-state index contributed by atoms with van der Waals surface area (Å²) in [4.78, 5) is 19.0. The highest BCUT2D eigenvalue weighted by Crippen LogP contribution is 2.28. The molecule has 0 N–H and O–H groups in total. The van der Waals surface area contributed by atoms with Gasteiger partial charge in [0.1, 0.15) is 0 Å². The highest BCUT2D eigenvalue weighted by Gasteiger charge is 2.13. The van der Waals surface area contributed by atoms with Crippen LogP contribution < -0.4 is 0 Å². The van der Waals surface area contributed by atoms with Gasteiger partial charge in [-0.05, 0) is 51.5 Å². The normalized spacial score (nSPS) is 10.7. The summed E-state index contributed by atoms with van der Waals surface area (Å²) in [7, 11) is 0. The van der Waals surface area contributed by atoms with Gasteiger partial charge < -0.3 is 0 Å². The van der Waals surface area contributed by atoms with E-state index in [1.165, 1.54) is 21.6 Å². The minimum atomic E-state index is -0.357. The molecule has 0 amide bonds. The molecule has 0 spiro atoms. The molecule has 4 rings (SSSR count). The fourth-order valence-electron chi connectivity index (χ4n) is 2.53. The molecule has 0 saturated carbocycles. The van der Waals surface area contributed by atoms with Crippen LogP contribution in [0, 0.1) is 37.8 Å². The van der Waals surface area contributed by atoms with E-state index in [9.17, 15) is 10.1 Å². The van der Waals surface area contributed by atoms with E-state index in [2.05, 4.69) is 35.1 Å². The van der Waals surface area contributed by atoms with Crippen LogP contribution in [0.4, 0.5) is 5.69 Å². The van der Waals surface area contributed by atoms with Gasteiger partial charge in [0.25, 0.3) is 5.69 Å². The number of thiazole rings is 2. The van der Waals surface area contributed by atoms with Crippen molar-refractivity contribution in [3.8, 4) is 0 Å². The zero-order valence-corrected chi connectivity index (χ0v) is 16.0. The van der Waals surface area contributed by atoms with Crippen LogP contribution in [0.15, 0.2) is 30.3 Å². The molecule has 0 aliphatic carbocycles. The fourth-order valence-corrected chi connectivity index (χ4v) is 4.18. The molecule has 0 unspecified atom stereocenters. The Bertz CT molecular complexity index is 1080. The van der Waals surface area contributed by atoms with Crippen LogP contribution in [0.5, 0.6) is 0 Å². The van der Waals surface area contributed by atoms with E-state index in [1.54, 1.807) is 30.4 Å². The SMILES string of the molecule is Cc1ccc2sc(C)nc2c1.Cc1nc2cc(C)c([N+](=O)[O-])cc2s1. The largest absolute Gasteiger partial charge is 0.273 e. The molecule has 128 valence electrons. The second-order valence-corrected chi connectivity index (χ2v) is 8.27. The number of nitrogens with zero attached hydrogens (tertiary/aromatic N) is 3. The average molecular weight is 371 g/mol. The third-order valence-corrected chi connectivity index (χ3v) is 5.55. The van der Waals surface area contributed by atoms with E-state index >= 15 is 0 Å². The third-order valence-electron chi connectivity index (χ3n) is 3.66. The quantitative estimate of drug-likeness (QED) is 0.316. The monoisotopic (exact) mass is 371 g/mol. The van der Waals surface area contributed by atoms with Crippen molar-refractivity contribution in [2.75, 3.05) is 0 Å². The van der Waals surface area contributed by atoms with Crippen LogP contribution >= 0.6 is 22.7 Å². The Hall–Kier alpha value is -2.38. The van der Waals surface area contributed by atoms with Crippen LogP contribution in [0.3, 0.4) is 0 Å². The lowest BCUT2D eigenvalue weighted by molar-refractivity contribution is -0.385. The lowest BCUT2D eigenvalue weighted by Crippen LogP contribution is -1.90. The number of aromatic nitrogens is 2. The Balaban J connectivity index is 0.000000150. The molecule has 5 nitrogen and oxygen atoms in total. The zero-order chi connectivity index (χ0) is 18.1. The Morgan fingerprint density at radius 2 is 1.48 bits per heavy atom. The number of benzene rings is 2. The predicted molar refractivity (Wildman–Crippen MR) is 105 cm³/mol. The maximum absolute atomic E-state index is 10.7. The van der Waals surface area contributed by atoms with Crippen LogP contribution in [0.1, 0.15) is 21.1 Å². The van der Waals surface area contributed by atoms with Gasteiger partial charge in [0.2, 0.25) is 0 Å². The first-order valence-electron chi connectivity index (χ1n) is 7.69. The van der Waals surface area contributed by atoms with Crippen molar-refractivity contribution in [1.29, 1.82) is 0 Å². The van der Waals surface area contributed by atoms with Gasteiger partial charge in [-0.2, -0.15) is 0 Å². The van der Waals surface area contributed by atoms with E-state index in [1.807, 2.05) is 13.8 Å². The second-order valence-electron chi connectivity index (χ2n) is 5.80. The standard InChI is InChI=1S/C9H8N2O2S.C9H9NS/c1-5-3-7-9(14-6(2)10-7)4-8(5)11(12)13;1-6-3-4-9-8(5-6)10-7(2)11-9/h3-4H,1-2H3;3-5H,1-2H3. The molecule has 2 aromatic carbocycles. The van der Waals surface area contributed by atoms with Crippen LogP contribution in [-0.4, -0.2) is 14.9 Å². The van der Waals surface area contributed by atoms with E-state index < -0.39 is 0 Å². The zero-order valence-electron chi connectivity index (χ0n) is 14.4. The van der Waals surface area contributed by atoms with E-state index in [-0.39, 0.29) is 10.6 Å². The van der Waals surface area contributed by atoms with Crippen LogP contribution in [-0.2, 0) is 0 Å². The Labute approximate surface area is 153 Å². The predicted octanol–water partition coefficient (Wildman–Crippen LogP) is 5.73. The van der Waals surface area contributed by atoms with Crippen LogP contribution in [0.25, 0.3) is 20.4 Å². The maximum atomic E-state index is 10.7. The van der Waals surface area contributed by atoms with Crippen molar-refractivity contribution in [1.82, 2.24) is 9.97 Å². The maximum Gasteiger partial charge on any atom is 0.273 e. The van der Waals surface area contributed by atoms with Gasteiger partial charge in [-0.1, -0.05) is 6.07 Å². The molecule has 0 fully saturated rings. The number of rotatable bonds is 1. The minimum Gasteiger partial charge on any atom is -0.258 e. The number of hydrogen-bond donors (Lipinski definition) is 0. The molecular formula is C18H17N3O2S2. The molecule has 25 heavy (non-hydrogen) atoms. The van der Waals surface area contributed by atoms with Gasteiger partial charge in [0, 0.05) is 11.6 Å². The molecule has 2 aromatic heterocycles. The molecule has 0 atom stereocenters. The van der Waals surface area contributed by atoms with Crippen molar-refractivity contribution >= 4 is 48.8 Å². The molecule has 2 heterocycles. The molecule has 4 aromatic rings. The summed E-state index contributed by atoms with van der Waals surface area (Å²) in [6.45, 7) is 7.76. The third kappa shape index (κ3) is 3.83. The second kappa shape index (κ2) is 6.85. The fraction of sp³-hybridized carbons (Fsp3) is 0.222. The van der Waals surface area contributed by atoms with Gasteiger partial charge >= 0.3 is 0 Å². The molecule has 0 saturated heterocycles. The first-order valence-corrected chi connectivity index (χ1v) is 9.33. The van der Waals surface area contributed by atoms with E-state index in [0.717, 1.165) is 25.7 Å². The summed E-state index contributed by atoms with van der Waals surface area (Å²) < 4.78 is 2.16. The average Bonchev–Trinajstić information content (AvgIpc) is 3.06. The summed E-state index contributed by atoms with van der Waals surface area (Å²) in [5, 5.41) is 12.7. The molecule has 0 radical (unpaired) electrons. The van der Waals surface area contributed by atoms with Crippen LogP contribution in [0.2, 0.25) is 0 Å². The van der Waals surface area contributed by atoms with Crippen molar-refractivity contribution in [3.63, 3.8) is 0 Å². The number of hydrogen-bond acceptors (Lipinski definition) is 6. The highest BCUT2D eigenvalue weighted by molar-refractivity contribution is 7.18. The van der Waals surface area contributed by atoms with E-state index in [0.29, 0.717) is 5.56 Å².